The van der Waals surface area contributed by atoms with Crippen LogP contribution in [-0.2, 0) is 6.18 Å². The van der Waals surface area contributed by atoms with Crippen LogP contribution in [0, 0.1) is 25.7 Å². The molecule has 0 bridgehead atoms. The molecule has 0 unspecified atom stereocenters. The minimum atomic E-state index is -4.41. The number of H-pyrrole nitrogens is 2. The lowest BCUT2D eigenvalue weighted by atomic mass is 10.0. The summed E-state index contributed by atoms with van der Waals surface area (Å²) < 4.78 is 37.8. The van der Waals surface area contributed by atoms with Crippen LogP contribution in [0.5, 0.6) is 0 Å². The van der Waals surface area contributed by atoms with Crippen molar-refractivity contribution in [2.75, 3.05) is 0 Å². The topological polar surface area (TPSA) is 65.7 Å². The average Bonchev–Trinajstić information content (AvgIpc) is 2.65. The SMILES string of the molecule is Cc1[nH]c(C)c(-c2c[nH]c(C#Cc3ccc(C(F)(F)F)cc3)cc2=O)c(=O)c1Cl. The Kier molecular flexibility index (Phi) is 5.40. The lowest BCUT2D eigenvalue weighted by molar-refractivity contribution is -0.137. The highest BCUT2D eigenvalue weighted by Crippen LogP contribution is 2.29. The Bertz CT molecular complexity index is 1260. The Morgan fingerprint density at radius 2 is 1.66 bits per heavy atom. The van der Waals surface area contributed by atoms with Crippen LogP contribution in [0.2, 0.25) is 5.02 Å². The third-order valence-electron chi connectivity index (χ3n) is 4.24. The van der Waals surface area contributed by atoms with Gasteiger partial charge in [0.2, 0.25) is 5.43 Å². The first-order valence-corrected chi connectivity index (χ1v) is 8.77. The fourth-order valence-corrected chi connectivity index (χ4v) is 2.94. The summed E-state index contributed by atoms with van der Waals surface area (Å²) in [5.74, 6) is 5.38. The lowest BCUT2D eigenvalue weighted by Gasteiger charge is -2.08. The van der Waals surface area contributed by atoms with Gasteiger partial charge in [-0.2, -0.15) is 13.2 Å². The standard InChI is InChI=1S/C21H14ClF3N2O2/c1-11-18(20(29)19(22)12(2)27-11)16-10-26-15(9-17(16)28)8-5-13-3-6-14(7-4-13)21(23,24)25/h3-4,6-7,9-10H,1-2H3,(H,26,28)(H,27,29). The molecule has 3 aromatic rings. The highest BCUT2D eigenvalue weighted by molar-refractivity contribution is 6.31. The molecule has 4 nitrogen and oxygen atoms in total. The van der Waals surface area contributed by atoms with Gasteiger partial charge in [-0.1, -0.05) is 17.5 Å². The van der Waals surface area contributed by atoms with E-state index in [0.29, 0.717) is 17.0 Å². The zero-order chi connectivity index (χ0) is 21.3. The van der Waals surface area contributed by atoms with Crippen molar-refractivity contribution in [3.8, 4) is 23.0 Å². The van der Waals surface area contributed by atoms with Crippen LogP contribution in [0.3, 0.4) is 0 Å². The smallest absolute Gasteiger partial charge is 0.361 e. The Hall–Kier alpha value is -3.24. The van der Waals surface area contributed by atoms with Gasteiger partial charge in [0.05, 0.1) is 22.4 Å². The first-order valence-electron chi connectivity index (χ1n) is 8.39. The zero-order valence-corrected chi connectivity index (χ0v) is 16.0. The van der Waals surface area contributed by atoms with Crippen molar-refractivity contribution in [1.29, 1.82) is 0 Å². The van der Waals surface area contributed by atoms with Crippen molar-refractivity contribution in [2.45, 2.75) is 20.0 Å². The van der Waals surface area contributed by atoms with Crippen LogP contribution in [0.25, 0.3) is 11.1 Å². The van der Waals surface area contributed by atoms with Gasteiger partial charge >= 0.3 is 6.18 Å². The summed E-state index contributed by atoms with van der Waals surface area (Å²) in [4.78, 5) is 30.7. The van der Waals surface area contributed by atoms with Crippen LogP contribution < -0.4 is 10.9 Å². The molecular weight excluding hydrogens is 405 g/mol. The maximum Gasteiger partial charge on any atom is 0.416 e. The van der Waals surface area contributed by atoms with Crippen LogP contribution >= 0.6 is 11.6 Å². The zero-order valence-electron chi connectivity index (χ0n) is 15.3. The molecule has 3 rings (SSSR count). The number of alkyl halides is 3. The molecule has 2 aromatic heterocycles. The molecule has 0 spiro atoms. The van der Waals surface area contributed by atoms with E-state index in [-0.39, 0.29) is 21.8 Å². The summed E-state index contributed by atoms with van der Waals surface area (Å²) in [6, 6.07) is 5.59. The molecule has 1 aromatic carbocycles. The van der Waals surface area contributed by atoms with E-state index >= 15 is 0 Å². The third kappa shape index (κ3) is 4.28. The molecule has 2 heterocycles. The molecule has 0 aliphatic heterocycles. The van der Waals surface area contributed by atoms with Gasteiger partial charge < -0.3 is 9.97 Å². The molecule has 0 saturated carbocycles. The van der Waals surface area contributed by atoms with Gasteiger partial charge in [-0.3, -0.25) is 9.59 Å². The van der Waals surface area contributed by atoms with E-state index in [0.717, 1.165) is 12.1 Å². The summed E-state index contributed by atoms with van der Waals surface area (Å²) in [5, 5.41) is 0.0103. The minimum Gasteiger partial charge on any atom is -0.361 e. The summed E-state index contributed by atoms with van der Waals surface area (Å²) in [7, 11) is 0. The Labute approximate surface area is 168 Å². The van der Waals surface area contributed by atoms with E-state index in [1.807, 2.05) is 0 Å². The maximum atomic E-state index is 12.6. The van der Waals surface area contributed by atoms with Gasteiger partial charge in [-0.15, -0.1) is 0 Å². The van der Waals surface area contributed by atoms with Gasteiger partial charge in [-0.25, -0.2) is 0 Å². The number of rotatable bonds is 1. The number of hydrogen-bond donors (Lipinski definition) is 2. The number of halogens is 4. The number of pyridine rings is 2. The van der Waals surface area contributed by atoms with Crippen molar-refractivity contribution >= 4 is 11.6 Å². The first kappa shape index (κ1) is 20.5. The lowest BCUT2D eigenvalue weighted by Crippen LogP contribution is -2.17. The highest BCUT2D eigenvalue weighted by atomic mass is 35.5. The summed E-state index contributed by atoms with van der Waals surface area (Å²) >= 11 is 6.00. The predicted molar refractivity (Wildman–Crippen MR) is 105 cm³/mol. The minimum absolute atomic E-state index is 0.0103. The van der Waals surface area contributed by atoms with Crippen LogP contribution in [0.4, 0.5) is 13.2 Å². The molecule has 0 atom stereocenters. The van der Waals surface area contributed by atoms with E-state index in [1.165, 1.54) is 24.4 Å². The molecule has 0 radical (unpaired) electrons. The predicted octanol–water partition coefficient (Wildman–Crippen LogP) is 4.42. The fraction of sp³-hybridized carbons (Fsp3) is 0.143. The van der Waals surface area contributed by atoms with Crippen LogP contribution in [0.15, 0.2) is 46.1 Å². The second-order valence-corrected chi connectivity index (χ2v) is 6.72. The third-order valence-corrected chi connectivity index (χ3v) is 4.70. The molecule has 2 N–H and O–H groups in total. The van der Waals surface area contributed by atoms with Gasteiger partial charge in [-0.05, 0) is 44.0 Å². The summed E-state index contributed by atoms with van der Waals surface area (Å²) in [5.41, 5.74) is 0.294. The first-order chi connectivity index (χ1) is 13.6. The molecule has 29 heavy (non-hydrogen) atoms. The maximum absolute atomic E-state index is 12.6. The van der Waals surface area contributed by atoms with Gasteiger partial charge in [0.1, 0.15) is 5.02 Å². The van der Waals surface area contributed by atoms with Crippen LogP contribution in [-0.4, -0.2) is 9.97 Å². The Morgan fingerprint density at radius 1 is 1.00 bits per heavy atom. The second kappa shape index (κ2) is 7.64. The van der Waals surface area contributed by atoms with Crippen molar-refractivity contribution < 1.29 is 13.2 Å². The molecule has 0 amide bonds. The second-order valence-electron chi connectivity index (χ2n) is 6.34. The van der Waals surface area contributed by atoms with Gasteiger partial charge in [0.15, 0.2) is 5.43 Å². The summed E-state index contributed by atoms with van der Waals surface area (Å²) in [6.45, 7) is 3.32. The molecule has 0 saturated heterocycles. The molecule has 8 heteroatoms. The van der Waals surface area contributed by atoms with E-state index in [4.69, 9.17) is 11.6 Å². The molecule has 0 aliphatic carbocycles. The summed E-state index contributed by atoms with van der Waals surface area (Å²) in [6.07, 6.45) is -3.05. The normalized spacial score (nSPS) is 11.1. The van der Waals surface area contributed by atoms with Crippen LogP contribution in [0.1, 0.15) is 28.2 Å². The van der Waals surface area contributed by atoms with Crippen molar-refractivity contribution in [2.24, 2.45) is 0 Å². The largest absolute Gasteiger partial charge is 0.416 e. The number of aryl methyl sites for hydroxylation is 2. The molecule has 0 fully saturated rings. The van der Waals surface area contributed by atoms with E-state index < -0.39 is 22.6 Å². The number of hydrogen-bond acceptors (Lipinski definition) is 2. The monoisotopic (exact) mass is 418 g/mol. The fourth-order valence-electron chi connectivity index (χ4n) is 2.79. The average molecular weight is 419 g/mol. The van der Waals surface area contributed by atoms with Crippen molar-refractivity contribution in [1.82, 2.24) is 9.97 Å². The number of aromatic nitrogens is 2. The highest BCUT2D eigenvalue weighted by Gasteiger charge is 2.29. The van der Waals surface area contributed by atoms with E-state index in [9.17, 15) is 22.8 Å². The molecule has 148 valence electrons. The van der Waals surface area contributed by atoms with Crippen molar-refractivity contribution in [3.63, 3.8) is 0 Å². The van der Waals surface area contributed by atoms with E-state index in [1.54, 1.807) is 13.8 Å². The number of aromatic amines is 2. The molecular formula is C21H14ClF3N2O2. The Morgan fingerprint density at radius 3 is 2.24 bits per heavy atom. The number of nitrogens with one attached hydrogen (secondary N) is 2. The number of benzene rings is 1. The van der Waals surface area contributed by atoms with Crippen molar-refractivity contribution in [3.05, 3.63) is 90.2 Å². The van der Waals surface area contributed by atoms with Gasteiger partial charge in [0.25, 0.3) is 0 Å². The molecule has 0 aliphatic rings. The van der Waals surface area contributed by atoms with E-state index in [2.05, 4.69) is 21.8 Å². The van der Waals surface area contributed by atoms with Gasteiger partial charge in [0, 0.05) is 29.2 Å². The Balaban J connectivity index is 1.95. The quantitative estimate of drug-likeness (QED) is 0.574.